The van der Waals surface area contributed by atoms with Gasteiger partial charge in [0.25, 0.3) is 0 Å². The van der Waals surface area contributed by atoms with Crippen LogP contribution in [0.25, 0.3) is 11.0 Å². The molecule has 0 aliphatic heterocycles. The molecule has 0 unspecified atom stereocenters. The van der Waals surface area contributed by atoms with E-state index in [1.807, 2.05) is 24.3 Å². The molecule has 3 heteroatoms. The molecule has 0 radical (unpaired) electrons. The van der Waals surface area contributed by atoms with Crippen molar-refractivity contribution in [2.75, 3.05) is 0 Å². The third-order valence-electron chi connectivity index (χ3n) is 3.49. The molecule has 2 aromatic rings. The summed E-state index contributed by atoms with van der Waals surface area (Å²) in [6, 6.07) is 8.01. The minimum absolute atomic E-state index is 0.425. The summed E-state index contributed by atoms with van der Waals surface area (Å²) in [6.45, 7) is 1.05. The van der Waals surface area contributed by atoms with Gasteiger partial charge in [0.15, 0.2) is 0 Å². The number of nitrogens with two attached hydrogens (primary N) is 1. The number of hydrogen-bond donors (Lipinski definition) is 1. The lowest BCUT2D eigenvalue weighted by atomic mass is 9.96. The molecule has 0 atom stereocenters. The molecule has 0 saturated heterocycles. The Balaban J connectivity index is 1.86. The van der Waals surface area contributed by atoms with Gasteiger partial charge >= 0.3 is 0 Å². The normalized spacial score (nSPS) is 16.3. The molecule has 2 N–H and O–H groups in total. The molecule has 1 aliphatic carbocycles. The van der Waals surface area contributed by atoms with Crippen LogP contribution in [0.4, 0.5) is 0 Å². The molecule has 0 amide bonds. The minimum atomic E-state index is 0.425. The van der Waals surface area contributed by atoms with Crippen LogP contribution in [0.2, 0.25) is 0 Å². The molecule has 3 rings (SSSR count). The van der Waals surface area contributed by atoms with Gasteiger partial charge in [-0.1, -0.05) is 18.2 Å². The fraction of sp³-hybridized carbons (Fsp3) is 0.429. The largest absolute Gasteiger partial charge is 0.458 e. The maximum absolute atomic E-state index is 5.80. The lowest BCUT2D eigenvalue weighted by molar-refractivity contribution is -0.0156. The van der Waals surface area contributed by atoms with E-state index in [0.29, 0.717) is 19.3 Å². The third-order valence-corrected chi connectivity index (χ3v) is 3.49. The van der Waals surface area contributed by atoms with E-state index in [1.54, 1.807) is 0 Å². The molecule has 0 spiro atoms. The Morgan fingerprint density at radius 2 is 2.12 bits per heavy atom. The molecular weight excluding hydrogens is 214 g/mol. The van der Waals surface area contributed by atoms with Gasteiger partial charge < -0.3 is 14.9 Å². The SMILES string of the molecule is NCc1c(COC2CCC2)oc2ccccc12. The number of fused-ring (bicyclic) bond motifs is 1. The highest BCUT2D eigenvalue weighted by molar-refractivity contribution is 5.82. The summed E-state index contributed by atoms with van der Waals surface area (Å²) in [6.07, 6.45) is 4.07. The lowest BCUT2D eigenvalue weighted by Gasteiger charge is -2.25. The Labute approximate surface area is 101 Å². The topological polar surface area (TPSA) is 48.4 Å². The number of ether oxygens (including phenoxy) is 1. The Kier molecular flexibility index (Phi) is 2.87. The molecule has 1 aliphatic rings. The van der Waals surface area contributed by atoms with Gasteiger partial charge in [-0.2, -0.15) is 0 Å². The van der Waals surface area contributed by atoms with Crippen molar-refractivity contribution in [3.8, 4) is 0 Å². The molecule has 3 nitrogen and oxygen atoms in total. The summed E-state index contributed by atoms with van der Waals surface area (Å²) in [7, 11) is 0. The zero-order valence-electron chi connectivity index (χ0n) is 9.82. The van der Waals surface area contributed by atoms with Crippen molar-refractivity contribution >= 4 is 11.0 Å². The van der Waals surface area contributed by atoms with Gasteiger partial charge in [0.1, 0.15) is 18.0 Å². The van der Waals surface area contributed by atoms with Gasteiger partial charge in [0.2, 0.25) is 0 Å². The highest BCUT2D eigenvalue weighted by atomic mass is 16.5. The van der Waals surface area contributed by atoms with E-state index in [0.717, 1.165) is 22.3 Å². The van der Waals surface area contributed by atoms with Crippen molar-refractivity contribution in [2.45, 2.75) is 38.5 Å². The van der Waals surface area contributed by atoms with Crippen molar-refractivity contribution in [3.63, 3.8) is 0 Å². The molecule has 90 valence electrons. The third kappa shape index (κ3) is 1.96. The first-order chi connectivity index (χ1) is 8.38. The van der Waals surface area contributed by atoms with Crippen LogP contribution in [-0.4, -0.2) is 6.10 Å². The first-order valence-electron chi connectivity index (χ1n) is 6.19. The summed E-state index contributed by atoms with van der Waals surface area (Å²) in [5.41, 5.74) is 7.78. The van der Waals surface area contributed by atoms with E-state index in [9.17, 15) is 0 Å². The number of rotatable bonds is 4. The van der Waals surface area contributed by atoms with Crippen molar-refractivity contribution in [3.05, 3.63) is 35.6 Å². The number of para-hydroxylation sites is 1. The van der Waals surface area contributed by atoms with Gasteiger partial charge in [-0.05, 0) is 25.3 Å². The van der Waals surface area contributed by atoms with Crippen LogP contribution in [0.1, 0.15) is 30.6 Å². The Morgan fingerprint density at radius 1 is 1.29 bits per heavy atom. The van der Waals surface area contributed by atoms with E-state index in [2.05, 4.69) is 0 Å². The predicted molar refractivity (Wildman–Crippen MR) is 66.5 cm³/mol. The van der Waals surface area contributed by atoms with Crippen LogP contribution in [0.15, 0.2) is 28.7 Å². The zero-order valence-corrected chi connectivity index (χ0v) is 9.82. The maximum Gasteiger partial charge on any atom is 0.135 e. The Morgan fingerprint density at radius 3 is 2.82 bits per heavy atom. The average molecular weight is 231 g/mol. The summed E-state index contributed by atoms with van der Waals surface area (Å²) < 4.78 is 11.6. The number of benzene rings is 1. The molecule has 17 heavy (non-hydrogen) atoms. The van der Waals surface area contributed by atoms with Crippen LogP contribution in [0.3, 0.4) is 0 Å². The second kappa shape index (κ2) is 4.51. The molecule has 1 aromatic heterocycles. The fourth-order valence-corrected chi connectivity index (χ4v) is 2.22. The highest BCUT2D eigenvalue weighted by Gasteiger charge is 2.20. The first-order valence-corrected chi connectivity index (χ1v) is 6.19. The standard InChI is InChI=1S/C14H17NO2/c15-8-12-11-6-1-2-7-13(11)17-14(12)9-16-10-4-3-5-10/h1-2,6-7,10H,3-5,8-9,15H2. The average Bonchev–Trinajstić information content (AvgIpc) is 2.64. The second-order valence-corrected chi connectivity index (χ2v) is 4.57. The van der Waals surface area contributed by atoms with E-state index in [-0.39, 0.29) is 0 Å². The smallest absolute Gasteiger partial charge is 0.135 e. The minimum Gasteiger partial charge on any atom is -0.458 e. The summed E-state index contributed by atoms with van der Waals surface area (Å²) in [4.78, 5) is 0. The van der Waals surface area contributed by atoms with Crippen LogP contribution in [0.5, 0.6) is 0 Å². The quantitative estimate of drug-likeness (QED) is 0.880. The second-order valence-electron chi connectivity index (χ2n) is 4.57. The highest BCUT2D eigenvalue weighted by Crippen LogP contribution is 2.28. The lowest BCUT2D eigenvalue weighted by Crippen LogP contribution is -2.21. The molecule has 0 bridgehead atoms. The number of furan rings is 1. The van der Waals surface area contributed by atoms with Gasteiger partial charge in [-0.15, -0.1) is 0 Å². The van der Waals surface area contributed by atoms with Crippen LogP contribution in [0, 0.1) is 0 Å². The fourth-order valence-electron chi connectivity index (χ4n) is 2.22. The summed E-state index contributed by atoms with van der Waals surface area (Å²) >= 11 is 0. The Hall–Kier alpha value is -1.32. The number of hydrogen-bond acceptors (Lipinski definition) is 3. The predicted octanol–water partition coefficient (Wildman–Crippen LogP) is 2.96. The molecular formula is C14H17NO2. The van der Waals surface area contributed by atoms with Crippen LogP contribution >= 0.6 is 0 Å². The van der Waals surface area contributed by atoms with Crippen LogP contribution in [-0.2, 0) is 17.9 Å². The van der Waals surface area contributed by atoms with Gasteiger partial charge in [-0.3, -0.25) is 0 Å². The van der Waals surface area contributed by atoms with Crippen molar-refractivity contribution < 1.29 is 9.15 Å². The molecule has 1 heterocycles. The summed E-state index contributed by atoms with van der Waals surface area (Å²) in [5, 5.41) is 1.11. The molecule has 1 aromatic carbocycles. The van der Waals surface area contributed by atoms with Gasteiger partial charge in [0.05, 0.1) is 6.10 Å². The molecule has 1 fully saturated rings. The van der Waals surface area contributed by atoms with Crippen molar-refractivity contribution in [1.82, 2.24) is 0 Å². The van der Waals surface area contributed by atoms with E-state index in [1.165, 1.54) is 19.3 Å². The van der Waals surface area contributed by atoms with Crippen molar-refractivity contribution in [1.29, 1.82) is 0 Å². The van der Waals surface area contributed by atoms with Crippen LogP contribution < -0.4 is 5.73 Å². The summed E-state index contributed by atoms with van der Waals surface area (Å²) in [5.74, 6) is 0.889. The first kappa shape index (κ1) is 10.8. The maximum atomic E-state index is 5.80. The zero-order chi connectivity index (χ0) is 11.7. The van der Waals surface area contributed by atoms with E-state index >= 15 is 0 Å². The van der Waals surface area contributed by atoms with Crippen molar-refractivity contribution in [2.24, 2.45) is 5.73 Å². The van der Waals surface area contributed by atoms with E-state index < -0.39 is 0 Å². The Bertz CT molecular complexity index is 514. The van der Waals surface area contributed by atoms with Gasteiger partial charge in [-0.25, -0.2) is 0 Å². The molecule has 1 saturated carbocycles. The van der Waals surface area contributed by atoms with E-state index in [4.69, 9.17) is 14.9 Å². The monoisotopic (exact) mass is 231 g/mol. The van der Waals surface area contributed by atoms with Gasteiger partial charge in [0, 0.05) is 17.5 Å².